The van der Waals surface area contributed by atoms with Crippen molar-refractivity contribution in [1.29, 1.82) is 0 Å². The minimum absolute atomic E-state index is 0.0946. The van der Waals surface area contributed by atoms with E-state index in [1.165, 1.54) is 4.31 Å². The van der Waals surface area contributed by atoms with Crippen molar-refractivity contribution >= 4 is 15.9 Å². The number of piperidine rings is 1. The molecule has 0 aliphatic carbocycles. The van der Waals surface area contributed by atoms with Gasteiger partial charge in [-0.25, -0.2) is 12.7 Å². The van der Waals surface area contributed by atoms with Gasteiger partial charge >= 0.3 is 0 Å². The number of hydrogen-bond donors (Lipinski definition) is 1. The Bertz CT molecular complexity index is 894. The first-order valence-corrected chi connectivity index (χ1v) is 10.4. The maximum atomic E-state index is 12.4. The van der Waals surface area contributed by atoms with Crippen molar-refractivity contribution in [3.05, 3.63) is 30.2 Å². The summed E-state index contributed by atoms with van der Waals surface area (Å²) in [6, 6.07) is 7.22. The molecule has 27 heavy (non-hydrogen) atoms. The predicted octanol–water partition coefficient (Wildman–Crippen LogP) is 1.03. The van der Waals surface area contributed by atoms with Gasteiger partial charge < -0.3 is 14.6 Å². The van der Waals surface area contributed by atoms with Crippen LogP contribution in [0.25, 0.3) is 11.4 Å². The summed E-state index contributed by atoms with van der Waals surface area (Å²) < 4.78 is 35.0. The second-order valence-corrected chi connectivity index (χ2v) is 8.40. The van der Waals surface area contributed by atoms with Crippen molar-refractivity contribution in [3.8, 4) is 17.1 Å². The van der Waals surface area contributed by atoms with Crippen molar-refractivity contribution in [1.82, 2.24) is 19.8 Å². The van der Waals surface area contributed by atoms with Crippen LogP contribution in [0.4, 0.5) is 0 Å². The molecule has 10 heteroatoms. The maximum Gasteiger partial charge on any atom is 0.246 e. The summed E-state index contributed by atoms with van der Waals surface area (Å²) in [7, 11) is -1.70. The van der Waals surface area contributed by atoms with Crippen LogP contribution in [0.3, 0.4) is 0 Å². The summed E-state index contributed by atoms with van der Waals surface area (Å²) in [6.45, 7) is 0.750. The molecule has 1 N–H and O–H groups in total. The standard InChI is InChI=1S/C17H22N4O5S/c1-25-14-7-5-12(6-8-14)16-19-15(26-20-16)10-18-17(22)13-4-3-9-21(11-13)27(2,23)24/h5-8,13H,3-4,9-11H2,1-2H3,(H,18,22). The van der Waals surface area contributed by atoms with E-state index >= 15 is 0 Å². The van der Waals surface area contributed by atoms with E-state index in [1.807, 2.05) is 12.1 Å². The Kier molecular flexibility index (Phi) is 5.76. The lowest BCUT2D eigenvalue weighted by atomic mass is 9.99. The van der Waals surface area contributed by atoms with Crippen molar-refractivity contribution < 1.29 is 22.5 Å². The van der Waals surface area contributed by atoms with Gasteiger partial charge in [-0.15, -0.1) is 0 Å². The first kappa shape index (κ1) is 19.3. The number of carbonyl (C=O) groups is 1. The van der Waals surface area contributed by atoms with Crippen LogP contribution in [0.1, 0.15) is 18.7 Å². The lowest BCUT2D eigenvalue weighted by Crippen LogP contribution is -2.44. The Morgan fingerprint density at radius 3 is 2.78 bits per heavy atom. The van der Waals surface area contributed by atoms with Crippen molar-refractivity contribution in [2.75, 3.05) is 26.5 Å². The van der Waals surface area contributed by atoms with Crippen LogP contribution >= 0.6 is 0 Å². The summed E-state index contributed by atoms with van der Waals surface area (Å²) in [6.07, 6.45) is 2.47. The van der Waals surface area contributed by atoms with E-state index in [1.54, 1.807) is 19.2 Å². The number of nitrogens with zero attached hydrogens (tertiary/aromatic N) is 3. The zero-order valence-corrected chi connectivity index (χ0v) is 16.0. The van der Waals surface area contributed by atoms with Gasteiger partial charge in [0.1, 0.15) is 5.75 Å². The quantitative estimate of drug-likeness (QED) is 0.778. The first-order chi connectivity index (χ1) is 12.9. The van der Waals surface area contributed by atoms with E-state index in [-0.39, 0.29) is 30.8 Å². The lowest BCUT2D eigenvalue weighted by molar-refractivity contribution is -0.126. The predicted molar refractivity (Wildman–Crippen MR) is 97.3 cm³/mol. The van der Waals surface area contributed by atoms with Crippen LogP contribution in [0.5, 0.6) is 5.75 Å². The molecule has 1 saturated heterocycles. The number of amides is 1. The monoisotopic (exact) mass is 394 g/mol. The highest BCUT2D eigenvalue weighted by atomic mass is 32.2. The second-order valence-electron chi connectivity index (χ2n) is 6.42. The summed E-state index contributed by atoms with van der Waals surface area (Å²) in [4.78, 5) is 16.6. The molecule has 1 aromatic heterocycles. The van der Waals surface area contributed by atoms with E-state index in [0.29, 0.717) is 25.2 Å². The first-order valence-electron chi connectivity index (χ1n) is 8.56. The molecule has 1 atom stereocenters. The molecule has 0 saturated carbocycles. The minimum atomic E-state index is -3.29. The van der Waals surface area contributed by atoms with Crippen LogP contribution in [-0.2, 0) is 21.4 Å². The maximum absolute atomic E-state index is 12.4. The number of ether oxygens (including phenoxy) is 1. The average molecular weight is 394 g/mol. The molecule has 1 aliphatic heterocycles. The fraction of sp³-hybridized carbons (Fsp3) is 0.471. The summed E-state index contributed by atoms with van der Waals surface area (Å²) >= 11 is 0. The number of hydrogen-bond acceptors (Lipinski definition) is 7. The number of nitrogens with one attached hydrogen (secondary N) is 1. The number of rotatable bonds is 6. The number of aromatic nitrogens is 2. The Morgan fingerprint density at radius 2 is 2.11 bits per heavy atom. The molecule has 3 rings (SSSR count). The molecule has 0 bridgehead atoms. The topological polar surface area (TPSA) is 115 Å². The van der Waals surface area contributed by atoms with Crippen LogP contribution < -0.4 is 10.1 Å². The van der Waals surface area contributed by atoms with Gasteiger partial charge in [-0.2, -0.15) is 4.98 Å². The molecule has 1 aliphatic rings. The van der Waals surface area contributed by atoms with E-state index in [0.717, 1.165) is 17.6 Å². The fourth-order valence-electron chi connectivity index (χ4n) is 2.95. The molecule has 1 fully saturated rings. The molecule has 0 spiro atoms. The Hall–Kier alpha value is -2.46. The van der Waals surface area contributed by atoms with Crippen LogP contribution in [0.15, 0.2) is 28.8 Å². The molecule has 2 aromatic rings. The van der Waals surface area contributed by atoms with Crippen molar-refractivity contribution in [2.24, 2.45) is 5.92 Å². The number of sulfonamides is 1. The zero-order chi connectivity index (χ0) is 19.4. The Morgan fingerprint density at radius 1 is 1.37 bits per heavy atom. The van der Waals surface area contributed by atoms with Crippen LogP contribution in [-0.4, -0.2) is 55.2 Å². The summed E-state index contributed by atoms with van der Waals surface area (Å²) in [5.41, 5.74) is 0.771. The molecule has 9 nitrogen and oxygen atoms in total. The second kappa shape index (κ2) is 8.05. The lowest BCUT2D eigenvalue weighted by Gasteiger charge is -2.29. The van der Waals surface area contributed by atoms with Gasteiger partial charge in [-0.1, -0.05) is 5.16 Å². The van der Waals surface area contributed by atoms with Crippen molar-refractivity contribution in [3.63, 3.8) is 0 Å². The highest BCUT2D eigenvalue weighted by molar-refractivity contribution is 7.88. The van der Waals surface area contributed by atoms with Gasteiger partial charge in [0.25, 0.3) is 0 Å². The molecule has 1 aromatic carbocycles. The molecule has 146 valence electrons. The Balaban J connectivity index is 1.57. The van der Waals surface area contributed by atoms with Gasteiger partial charge in [0.2, 0.25) is 27.6 Å². The largest absolute Gasteiger partial charge is 0.497 e. The van der Waals surface area contributed by atoms with E-state index in [4.69, 9.17) is 9.26 Å². The third-order valence-electron chi connectivity index (χ3n) is 4.45. The molecule has 1 amide bonds. The highest BCUT2D eigenvalue weighted by Crippen LogP contribution is 2.21. The molecular weight excluding hydrogens is 372 g/mol. The van der Waals surface area contributed by atoms with E-state index in [9.17, 15) is 13.2 Å². The van der Waals surface area contributed by atoms with Gasteiger partial charge in [0, 0.05) is 18.7 Å². The minimum Gasteiger partial charge on any atom is -0.497 e. The number of benzene rings is 1. The van der Waals surface area contributed by atoms with Crippen LogP contribution in [0.2, 0.25) is 0 Å². The van der Waals surface area contributed by atoms with Gasteiger partial charge in [-0.05, 0) is 37.1 Å². The third-order valence-corrected chi connectivity index (χ3v) is 5.72. The van der Waals surface area contributed by atoms with Gasteiger partial charge in [0.15, 0.2) is 0 Å². The van der Waals surface area contributed by atoms with Gasteiger partial charge in [0.05, 0.1) is 25.8 Å². The normalized spacial score (nSPS) is 18.2. The molecule has 2 heterocycles. The van der Waals surface area contributed by atoms with Crippen molar-refractivity contribution in [2.45, 2.75) is 19.4 Å². The van der Waals surface area contributed by atoms with E-state index < -0.39 is 10.0 Å². The molecule has 1 unspecified atom stereocenters. The third kappa shape index (κ3) is 4.83. The summed E-state index contributed by atoms with van der Waals surface area (Å²) in [5.74, 6) is 0.836. The number of carbonyl (C=O) groups excluding carboxylic acids is 1. The zero-order valence-electron chi connectivity index (χ0n) is 15.2. The number of methoxy groups -OCH3 is 1. The molecular formula is C17H22N4O5S. The van der Waals surface area contributed by atoms with Crippen LogP contribution in [0, 0.1) is 5.92 Å². The van der Waals surface area contributed by atoms with E-state index in [2.05, 4.69) is 15.5 Å². The smallest absolute Gasteiger partial charge is 0.246 e. The SMILES string of the molecule is COc1ccc(-c2noc(CNC(=O)C3CCCN(S(C)(=O)=O)C3)n2)cc1. The Labute approximate surface area is 157 Å². The fourth-order valence-corrected chi connectivity index (χ4v) is 3.86. The van der Waals surface area contributed by atoms with Gasteiger partial charge in [-0.3, -0.25) is 4.79 Å². The highest BCUT2D eigenvalue weighted by Gasteiger charge is 2.30. The summed E-state index contributed by atoms with van der Waals surface area (Å²) in [5, 5.41) is 6.66. The average Bonchev–Trinajstić information content (AvgIpc) is 3.14. The molecule has 0 radical (unpaired) electrons.